The highest BCUT2D eigenvalue weighted by Crippen LogP contribution is 2.14. The van der Waals surface area contributed by atoms with Gasteiger partial charge in [-0.2, -0.15) is 5.26 Å². The zero-order valence-corrected chi connectivity index (χ0v) is 12.7. The predicted octanol–water partition coefficient (Wildman–Crippen LogP) is 1.35. The molecule has 0 saturated carbocycles. The molecule has 1 aromatic carbocycles. The number of nitrogens with zero attached hydrogens (tertiary/aromatic N) is 1. The Balaban J connectivity index is 1.82. The first-order valence-electron chi connectivity index (χ1n) is 7.13. The highest BCUT2D eigenvalue weighted by molar-refractivity contribution is 7.91. The van der Waals surface area contributed by atoms with Gasteiger partial charge in [-0.05, 0) is 50.0 Å². The van der Waals surface area contributed by atoms with Gasteiger partial charge in [-0.1, -0.05) is 6.07 Å². The molecule has 1 saturated heterocycles. The molecule has 1 aromatic rings. The quantitative estimate of drug-likeness (QED) is 0.803. The topological polar surface area (TPSA) is 79.2 Å². The van der Waals surface area contributed by atoms with Crippen molar-refractivity contribution in [1.82, 2.24) is 5.32 Å². The van der Waals surface area contributed by atoms with E-state index >= 15 is 0 Å². The largest absolute Gasteiger partial charge is 0.380 e. The summed E-state index contributed by atoms with van der Waals surface area (Å²) in [7, 11) is -3.38. The van der Waals surface area contributed by atoms with Crippen LogP contribution in [0.15, 0.2) is 29.2 Å². The summed E-state index contributed by atoms with van der Waals surface area (Å²) in [4.78, 5) is 0.187. The number of benzene rings is 1. The van der Waals surface area contributed by atoms with E-state index in [2.05, 4.69) is 5.32 Å². The molecule has 1 aliphatic rings. The van der Waals surface area contributed by atoms with Crippen molar-refractivity contribution in [1.29, 1.82) is 5.26 Å². The van der Waals surface area contributed by atoms with E-state index in [0.29, 0.717) is 18.1 Å². The molecule has 1 fully saturated rings. The standard InChI is InChI=1S/C15H20N2O3S/c16-11-14-2-1-3-15(10-14)21(18,19)9-8-20-12-13-4-6-17-7-5-13/h1-3,10,13,17H,4-9,12H2. The average Bonchev–Trinajstić information content (AvgIpc) is 2.53. The number of nitrogens with one attached hydrogen (secondary N) is 1. The van der Waals surface area contributed by atoms with Crippen LogP contribution in [0.25, 0.3) is 0 Å². The van der Waals surface area contributed by atoms with Crippen molar-refractivity contribution in [3.8, 4) is 6.07 Å². The Bertz CT molecular complexity index is 602. The second kappa shape index (κ2) is 7.55. The molecule has 1 aliphatic heterocycles. The van der Waals surface area contributed by atoms with Crippen molar-refractivity contribution in [3.63, 3.8) is 0 Å². The van der Waals surface area contributed by atoms with Crippen molar-refractivity contribution in [2.24, 2.45) is 5.92 Å². The van der Waals surface area contributed by atoms with E-state index in [-0.39, 0.29) is 17.3 Å². The number of ether oxygens (including phenoxy) is 1. The van der Waals surface area contributed by atoms with E-state index in [1.807, 2.05) is 6.07 Å². The van der Waals surface area contributed by atoms with Gasteiger partial charge in [-0.3, -0.25) is 0 Å². The second-order valence-corrected chi connectivity index (χ2v) is 7.34. The highest BCUT2D eigenvalue weighted by atomic mass is 32.2. The number of rotatable bonds is 6. The van der Waals surface area contributed by atoms with Gasteiger partial charge in [0.25, 0.3) is 0 Å². The molecule has 6 heteroatoms. The minimum atomic E-state index is -3.38. The van der Waals surface area contributed by atoms with Crippen LogP contribution >= 0.6 is 0 Å². The van der Waals surface area contributed by atoms with Gasteiger partial charge in [-0.15, -0.1) is 0 Å². The van der Waals surface area contributed by atoms with Gasteiger partial charge >= 0.3 is 0 Å². The lowest BCUT2D eigenvalue weighted by Gasteiger charge is -2.22. The van der Waals surface area contributed by atoms with Crippen LogP contribution in [-0.4, -0.2) is 40.5 Å². The fraction of sp³-hybridized carbons (Fsp3) is 0.533. The fourth-order valence-electron chi connectivity index (χ4n) is 2.34. The van der Waals surface area contributed by atoms with Gasteiger partial charge in [0, 0.05) is 6.61 Å². The molecular weight excluding hydrogens is 288 g/mol. The van der Waals surface area contributed by atoms with E-state index in [0.717, 1.165) is 25.9 Å². The minimum absolute atomic E-state index is 0.0488. The van der Waals surface area contributed by atoms with Gasteiger partial charge in [0.1, 0.15) is 0 Å². The van der Waals surface area contributed by atoms with Crippen LogP contribution in [-0.2, 0) is 14.6 Å². The van der Waals surface area contributed by atoms with Crippen LogP contribution in [0.4, 0.5) is 0 Å². The molecular formula is C15H20N2O3S. The zero-order valence-electron chi connectivity index (χ0n) is 11.9. The molecule has 0 amide bonds. The van der Waals surface area contributed by atoms with Crippen LogP contribution < -0.4 is 5.32 Å². The molecule has 2 rings (SSSR count). The highest BCUT2D eigenvalue weighted by Gasteiger charge is 2.16. The summed E-state index contributed by atoms with van der Waals surface area (Å²) in [6.45, 7) is 2.83. The van der Waals surface area contributed by atoms with Crippen LogP contribution in [0.5, 0.6) is 0 Å². The molecule has 0 unspecified atom stereocenters. The van der Waals surface area contributed by atoms with Crippen LogP contribution in [0.3, 0.4) is 0 Å². The molecule has 0 aliphatic carbocycles. The third-order valence-corrected chi connectivity index (χ3v) is 5.31. The summed E-state index contributed by atoms with van der Waals surface area (Å²) >= 11 is 0. The molecule has 5 nitrogen and oxygen atoms in total. The van der Waals surface area contributed by atoms with E-state index < -0.39 is 9.84 Å². The summed E-state index contributed by atoms with van der Waals surface area (Å²) in [5.41, 5.74) is 0.353. The van der Waals surface area contributed by atoms with Gasteiger partial charge in [0.2, 0.25) is 0 Å². The normalized spacial score (nSPS) is 16.5. The summed E-state index contributed by atoms with van der Waals surface area (Å²) < 4.78 is 29.8. The fourth-order valence-corrected chi connectivity index (χ4v) is 3.51. The van der Waals surface area contributed by atoms with Crippen LogP contribution in [0.1, 0.15) is 18.4 Å². The lowest BCUT2D eigenvalue weighted by atomic mass is 9.99. The first kappa shape index (κ1) is 16.0. The van der Waals surface area contributed by atoms with Gasteiger partial charge < -0.3 is 10.1 Å². The van der Waals surface area contributed by atoms with Crippen molar-refractivity contribution in [3.05, 3.63) is 29.8 Å². The van der Waals surface area contributed by atoms with Crippen LogP contribution in [0.2, 0.25) is 0 Å². The van der Waals surface area contributed by atoms with Crippen molar-refractivity contribution in [2.45, 2.75) is 17.7 Å². The van der Waals surface area contributed by atoms with Gasteiger partial charge in [-0.25, -0.2) is 8.42 Å². The Hall–Kier alpha value is -1.42. The summed E-state index contributed by atoms with van der Waals surface area (Å²) in [5, 5.41) is 12.1. The molecule has 0 bridgehead atoms. The Morgan fingerprint density at radius 2 is 2.10 bits per heavy atom. The molecule has 1 N–H and O–H groups in total. The Morgan fingerprint density at radius 3 is 2.81 bits per heavy atom. The molecule has 0 radical (unpaired) electrons. The maximum atomic E-state index is 12.2. The summed E-state index contributed by atoms with van der Waals surface area (Å²) in [6.07, 6.45) is 2.16. The van der Waals surface area contributed by atoms with Crippen molar-refractivity contribution in [2.75, 3.05) is 32.1 Å². The SMILES string of the molecule is N#Cc1cccc(S(=O)(=O)CCOCC2CCNCC2)c1. The Kier molecular flexibility index (Phi) is 5.74. The predicted molar refractivity (Wildman–Crippen MR) is 79.6 cm³/mol. The third-order valence-electron chi connectivity index (χ3n) is 3.63. The Morgan fingerprint density at radius 1 is 1.33 bits per heavy atom. The maximum absolute atomic E-state index is 12.2. The number of hydrogen-bond donors (Lipinski definition) is 1. The van der Waals surface area contributed by atoms with E-state index in [9.17, 15) is 8.42 Å². The lowest BCUT2D eigenvalue weighted by Crippen LogP contribution is -2.30. The smallest absolute Gasteiger partial charge is 0.180 e. The number of sulfone groups is 1. The molecule has 0 atom stereocenters. The van der Waals surface area contributed by atoms with Crippen LogP contribution in [0, 0.1) is 17.2 Å². The number of nitriles is 1. The van der Waals surface area contributed by atoms with E-state index in [1.165, 1.54) is 12.1 Å². The van der Waals surface area contributed by atoms with E-state index in [1.54, 1.807) is 12.1 Å². The number of hydrogen-bond acceptors (Lipinski definition) is 5. The van der Waals surface area contributed by atoms with Gasteiger partial charge in [0.15, 0.2) is 9.84 Å². The Labute approximate surface area is 125 Å². The maximum Gasteiger partial charge on any atom is 0.180 e. The third kappa shape index (κ3) is 4.81. The first-order chi connectivity index (χ1) is 10.1. The van der Waals surface area contributed by atoms with Crippen molar-refractivity contribution < 1.29 is 13.2 Å². The molecule has 1 heterocycles. The second-order valence-electron chi connectivity index (χ2n) is 5.23. The zero-order chi connectivity index (χ0) is 15.1. The molecule has 114 valence electrons. The molecule has 0 spiro atoms. The minimum Gasteiger partial charge on any atom is -0.380 e. The average molecular weight is 308 g/mol. The summed E-state index contributed by atoms with van der Waals surface area (Å²) in [5.74, 6) is 0.475. The van der Waals surface area contributed by atoms with Crippen molar-refractivity contribution >= 4 is 9.84 Å². The lowest BCUT2D eigenvalue weighted by molar-refractivity contribution is 0.0988. The molecule has 0 aromatic heterocycles. The first-order valence-corrected chi connectivity index (χ1v) is 8.78. The van der Waals surface area contributed by atoms with E-state index in [4.69, 9.17) is 10.00 Å². The molecule has 21 heavy (non-hydrogen) atoms. The summed E-state index contributed by atoms with van der Waals surface area (Å²) in [6, 6.07) is 8.04. The number of piperidine rings is 1. The monoisotopic (exact) mass is 308 g/mol. The van der Waals surface area contributed by atoms with Gasteiger partial charge in [0.05, 0.1) is 28.9 Å².